The number of hydrogen-bond donors (Lipinski definition) is 0. The van der Waals surface area contributed by atoms with Gasteiger partial charge in [-0.2, -0.15) is 0 Å². The molecule has 1 aromatic heterocycles. The van der Waals surface area contributed by atoms with Crippen molar-refractivity contribution in [3.63, 3.8) is 0 Å². The normalized spacial score (nSPS) is 17.9. The number of hydrogen-bond acceptors (Lipinski definition) is 3. The van der Waals surface area contributed by atoms with Crippen LogP contribution in [0.15, 0.2) is 22.7 Å². The van der Waals surface area contributed by atoms with Gasteiger partial charge in [0.25, 0.3) is 0 Å². The summed E-state index contributed by atoms with van der Waals surface area (Å²) >= 11 is 0. The molecule has 108 valence electrons. The second kappa shape index (κ2) is 5.92. The van der Waals surface area contributed by atoms with Gasteiger partial charge in [-0.1, -0.05) is 18.5 Å². The fourth-order valence-electron chi connectivity index (χ4n) is 3.04. The van der Waals surface area contributed by atoms with Crippen molar-refractivity contribution in [3.8, 4) is 0 Å². The second-order valence-electron chi connectivity index (χ2n) is 5.68. The highest BCUT2D eigenvalue weighted by Gasteiger charge is 2.24. The van der Waals surface area contributed by atoms with Crippen LogP contribution in [0.4, 0.5) is 4.39 Å². The lowest BCUT2D eigenvalue weighted by atomic mass is 9.91. The number of unbranched alkanes of at least 4 members (excludes halogenated alkanes) is 1. The zero-order valence-corrected chi connectivity index (χ0v) is 11.9. The standard InChI is InChI=1S/C16H21FN2O/c1-2-3-8-19-9-6-12(7-10-19)16-14-5-4-13(17)11-15(14)20-18-16/h4-5,11-12H,2-3,6-10H2,1H3. The Hall–Kier alpha value is -1.42. The summed E-state index contributed by atoms with van der Waals surface area (Å²) in [6.45, 7) is 5.68. The first kappa shape index (κ1) is 13.6. The van der Waals surface area contributed by atoms with E-state index in [1.807, 2.05) is 0 Å². The third-order valence-corrected chi connectivity index (χ3v) is 4.26. The Morgan fingerprint density at radius 1 is 1.35 bits per heavy atom. The van der Waals surface area contributed by atoms with E-state index in [4.69, 9.17) is 4.52 Å². The molecule has 0 unspecified atom stereocenters. The number of likely N-dealkylation sites (tertiary alicyclic amines) is 1. The topological polar surface area (TPSA) is 29.3 Å². The fraction of sp³-hybridized carbons (Fsp3) is 0.562. The SMILES string of the molecule is CCCCN1CCC(c2noc3cc(F)ccc23)CC1. The minimum absolute atomic E-state index is 0.269. The Labute approximate surface area is 118 Å². The Balaban J connectivity index is 1.70. The van der Waals surface area contributed by atoms with Crippen molar-refractivity contribution < 1.29 is 8.91 Å². The lowest BCUT2D eigenvalue weighted by Crippen LogP contribution is -2.33. The molecule has 0 bridgehead atoms. The number of nitrogens with zero attached hydrogens (tertiary/aromatic N) is 2. The number of aromatic nitrogens is 1. The minimum atomic E-state index is -0.269. The van der Waals surface area contributed by atoms with Crippen LogP contribution in [0, 0.1) is 5.82 Å². The predicted octanol–water partition coefficient (Wildman–Crippen LogP) is 3.95. The minimum Gasteiger partial charge on any atom is -0.356 e. The van der Waals surface area contributed by atoms with Gasteiger partial charge in [-0.3, -0.25) is 0 Å². The van der Waals surface area contributed by atoms with Gasteiger partial charge in [-0.05, 0) is 51.0 Å². The summed E-state index contributed by atoms with van der Waals surface area (Å²) in [6.07, 6.45) is 4.75. The van der Waals surface area contributed by atoms with Crippen LogP contribution in [0.2, 0.25) is 0 Å². The highest BCUT2D eigenvalue weighted by molar-refractivity contribution is 5.79. The van der Waals surface area contributed by atoms with Crippen LogP contribution in [0.5, 0.6) is 0 Å². The predicted molar refractivity (Wildman–Crippen MR) is 77.3 cm³/mol. The summed E-state index contributed by atoms with van der Waals surface area (Å²) in [6, 6.07) is 4.70. The maximum Gasteiger partial charge on any atom is 0.170 e. The lowest BCUT2D eigenvalue weighted by molar-refractivity contribution is 0.207. The van der Waals surface area contributed by atoms with Gasteiger partial charge in [-0.25, -0.2) is 4.39 Å². The molecule has 20 heavy (non-hydrogen) atoms. The monoisotopic (exact) mass is 276 g/mol. The first-order valence-corrected chi connectivity index (χ1v) is 7.55. The van der Waals surface area contributed by atoms with E-state index in [-0.39, 0.29) is 5.82 Å². The van der Waals surface area contributed by atoms with Gasteiger partial charge in [0.05, 0.1) is 5.69 Å². The molecule has 3 nitrogen and oxygen atoms in total. The average molecular weight is 276 g/mol. The van der Waals surface area contributed by atoms with Crippen molar-refractivity contribution in [1.82, 2.24) is 10.1 Å². The third-order valence-electron chi connectivity index (χ3n) is 4.26. The van der Waals surface area contributed by atoms with Gasteiger partial charge in [0.2, 0.25) is 0 Å². The van der Waals surface area contributed by atoms with Crippen LogP contribution in [0.3, 0.4) is 0 Å². The van der Waals surface area contributed by atoms with Gasteiger partial charge >= 0.3 is 0 Å². The van der Waals surface area contributed by atoms with E-state index >= 15 is 0 Å². The maximum atomic E-state index is 13.2. The fourth-order valence-corrected chi connectivity index (χ4v) is 3.04. The Kier molecular flexibility index (Phi) is 4.01. The molecule has 4 heteroatoms. The summed E-state index contributed by atoms with van der Waals surface area (Å²) in [5.74, 6) is 0.175. The molecule has 1 aliphatic heterocycles. The molecular weight excluding hydrogens is 255 g/mol. The molecule has 0 N–H and O–H groups in total. The largest absolute Gasteiger partial charge is 0.356 e. The lowest BCUT2D eigenvalue weighted by Gasteiger charge is -2.31. The maximum absolute atomic E-state index is 13.2. The molecule has 3 rings (SSSR count). The summed E-state index contributed by atoms with van der Waals surface area (Å²) in [5.41, 5.74) is 1.57. The smallest absolute Gasteiger partial charge is 0.170 e. The summed E-state index contributed by atoms with van der Waals surface area (Å²) < 4.78 is 18.4. The zero-order valence-electron chi connectivity index (χ0n) is 11.9. The van der Waals surface area contributed by atoms with Crippen LogP contribution in [-0.2, 0) is 0 Å². The first-order chi connectivity index (χ1) is 9.78. The Morgan fingerprint density at radius 3 is 2.90 bits per heavy atom. The Bertz CT molecular complexity index is 573. The summed E-state index contributed by atoms with van der Waals surface area (Å²) in [4.78, 5) is 2.53. The van der Waals surface area contributed by atoms with Crippen LogP contribution < -0.4 is 0 Å². The molecule has 0 spiro atoms. The molecule has 1 fully saturated rings. The number of benzene rings is 1. The van der Waals surface area contributed by atoms with Gasteiger partial charge in [0.1, 0.15) is 5.82 Å². The number of halogens is 1. The van der Waals surface area contributed by atoms with E-state index in [0.29, 0.717) is 11.5 Å². The van der Waals surface area contributed by atoms with E-state index in [1.165, 1.54) is 31.5 Å². The molecule has 0 radical (unpaired) electrons. The molecule has 1 saturated heterocycles. The Morgan fingerprint density at radius 2 is 2.15 bits per heavy atom. The van der Waals surface area contributed by atoms with Crippen molar-refractivity contribution in [2.45, 2.75) is 38.5 Å². The molecule has 0 saturated carbocycles. The molecule has 2 heterocycles. The van der Waals surface area contributed by atoms with Gasteiger partial charge in [0.15, 0.2) is 5.58 Å². The molecule has 1 aromatic carbocycles. The van der Waals surface area contributed by atoms with Crippen molar-refractivity contribution >= 4 is 11.0 Å². The van der Waals surface area contributed by atoms with E-state index in [1.54, 1.807) is 6.07 Å². The number of fused-ring (bicyclic) bond motifs is 1. The summed E-state index contributed by atoms with van der Waals surface area (Å²) in [7, 11) is 0. The molecule has 1 aliphatic rings. The zero-order chi connectivity index (χ0) is 13.9. The molecule has 2 aromatic rings. The highest BCUT2D eigenvalue weighted by Crippen LogP contribution is 2.32. The molecule has 0 atom stereocenters. The second-order valence-corrected chi connectivity index (χ2v) is 5.68. The van der Waals surface area contributed by atoms with E-state index in [0.717, 1.165) is 37.0 Å². The average Bonchev–Trinajstić information content (AvgIpc) is 2.88. The van der Waals surface area contributed by atoms with Crippen LogP contribution >= 0.6 is 0 Å². The van der Waals surface area contributed by atoms with Gasteiger partial charge in [-0.15, -0.1) is 0 Å². The first-order valence-electron chi connectivity index (χ1n) is 7.55. The molecule has 0 amide bonds. The van der Waals surface area contributed by atoms with Gasteiger partial charge < -0.3 is 9.42 Å². The van der Waals surface area contributed by atoms with Crippen molar-refractivity contribution in [1.29, 1.82) is 0 Å². The highest BCUT2D eigenvalue weighted by atomic mass is 19.1. The summed E-state index contributed by atoms with van der Waals surface area (Å²) in [5, 5.41) is 5.16. The quantitative estimate of drug-likeness (QED) is 0.847. The van der Waals surface area contributed by atoms with Crippen LogP contribution in [-0.4, -0.2) is 29.7 Å². The molecular formula is C16H21FN2O. The van der Waals surface area contributed by atoms with E-state index < -0.39 is 0 Å². The van der Waals surface area contributed by atoms with Gasteiger partial charge in [0, 0.05) is 17.4 Å². The number of piperidine rings is 1. The van der Waals surface area contributed by atoms with Crippen molar-refractivity contribution in [3.05, 3.63) is 29.7 Å². The van der Waals surface area contributed by atoms with E-state index in [2.05, 4.69) is 17.0 Å². The third kappa shape index (κ3) is 2.70. The number of rotatable bonds is 4. The van der Waals surface area contributed by atoms with E-state index in [9.17, 15) is 4.39 Å². The van der Waals surface area contributed by atoms with Crippen LogP contribution in [0.1, 0.15) is 44.2 Å². The molecule has 0 aliphatic carbocycles. The van der Waals surface area contributed by atoms with Crippen LogP contribution in [0.25, 0.3) is 11.0 Å². The van der Waals surface area contributed by atoms with Crippen molar-refractivity contribution in [2.75, 3.05) is 19.6 Å². The van der Waals surface area contributed by atoms with Crippen molar-refractivity contribution in [2.24, 2.45) is 0 Å².